The van der Waals surface area contributed by atoms with Crippen LogP contribution >= 0.6 is 11.6 Å². The van der Waals surface area contributed by atoms with E-state index in [0.717, 1.165) is 0 Å². The van der Waals surface area contributed by atoms with Crippen LogP contribution in [0.5, 0.6) is 17.2 Å². The van der Waals surface area contributed by atoms with Gasteiger partial charge in [-0.1, -0.05) is 11.6 Å². The topological polar surface area (TPSA) is 56.8 Å². The van der Waals surface area contributed by atoms with Gasteiger partial charge in [0.05, 0.1) is 5.02 Å². The molecule has 0 aromatic heterocycles. The molecule has 0 radical (unpaired) electrons. The number of amides is 1. The third-order valence-electron chi connectivity index (χ3n) is 3.38. The number of anilines is 1. The van der Waals surface area contributed by atoms with Crippen molar-refractivity contribution in [2.75, 3.05) is 18.5 Å². The molecule has 0 spiro atoms. The van der Waals surface area contributed by atoms with Crippen molar-refractivity contribution in [3.05, 3.63) is 47.2 Å². The highest BCUT2D eigenvalue weighted by atomic mass is 35.5. The largest absolute Gasteiger partial charge is 0.486 e. The lowest BCUT2D eigenvalue weighted by molar-refractivity contribution is -0.122. The fourth-order valence-corrected chi connectivity index (χ4v) is 2.34. The predicted molar refractivity (Wildman–Crippen MR) is 87.6 cm³/mol. The molecule has 2 aromatic carbocycles. The van der Waals surface area contributed by atoms with Crippen LogP contribution in [0.2, 0.25) is 5.02 Å². The first-order valence-electron chi connectivity index (χ1n) is 7.35. The maximum Gasteiger partial charge on any atom is 0.265 e. The van der Waals surface area contributed by atoms with Crippen molar-refractivity contribution in [1.82, 2.24) is 0 Å². The number of carbonyl (C=O) groups is 1. The summed E-state index contributed by atoms with van der Waals surface area (Å²) in [5.41, 5.74) is 0.567. The molecule has 0 bridgehead atoms. The van der Waals surface area contributed by atoms with E-state index in [0.29, 0.717) is 36.1 Å². The molecule has 1 aliphatic heterocycles. The summed E-state index contributed by atoms with van der Waals surface area (Å²) in [7, 11) is 0. The Morgan fingerprint density at radius 1 is 1.21 bits per heavy atom. The summed E-state index contributed by atoms with van der Waals surface area (Å²) in [6.45, 7) is 2.56. The number of hydrogen-bond donors (Lipinski definition) is 1. The summed E-state index contributed by atoms with van der Waals surface area (Å²) in [5, 5.41) is 2.67. The van der Waals surface area contributed by atoms with Crippen molar-refractivity contribution in [3.8, 4) is 17.2 Å². The highest BCUT2D eigenvalue weighted by Crippen LogP contribution is 2.32. The monoisotopic (exact) mass is 351 g/mol. The number of nitrogens with one attached hydrogen (secondary N) is 1. The van der Waals surface area contributed by atoms with Crippen molar-refractivity contribution in [2.45, 2.75) is 13.0 Å². The van der Waals surface area contributed by atoms with E-state index >= 15 is 0 Å². The van der Waals surface area contributed by atoms with Gasteiger partial charge in [0.1, 0.15) is 24.8 Å². The third kappa shape index (κ3) is 3.71. The molecule has 1 unspecified atom stereocenters. The van der Waals surface area contributed by atoms with E-state index in [4.69, 9.17) is 25.8 Å². The summed E-state index contributed by atoms with van der Waals surface area (Å²) in [6.07, 6.45) is -0.792. The standard InChI is InChI=1S/C17H15ClFNO4/c1-10(24-12-3-4-14(19)13(18)9-12)17(21)20-11-2-5-15-16(8-11)23-7-6-22-15/h2-5,8-10H,6-7H2,1H3,(H,20,21). The Morgan fingerprint density at radius 3 is 2.71 bits per heavy atom. The van der Waals surface area contributed by atoms with Gasteiger partial charge < -0.3 is 19.5 Å². The second kappa shape index (κ2) is 6.97. The Morgan fingerprint density at radius 2 is 1.96 bits per heavy atom. The van der Waals surface area contributed by atoms with Crippen LogP contribution in [0, 0.1) is 5.82 Å². The number of halogens is 2. The Bertz CT molecular complexity index is 768. The molecule has 24 heavy (non-hydrogen) atoms. The molecule has 2 aromatic rings. The lowest BCUT2D eigenvalue weighted by Gasteiger charge is -2.19. The maximum absolute atomic E-state index is 13.1. The van der Waals surface area contributed by atoms with E-state index < -0.39 is 11.9 Å². The minimum absolute atomic E-state index is 0.0630. The molecule has 7 heteroatoms. The van der Waals surface area contributed by atoms with Gasteiger partial charge in [0.2, 0.25) is 0 Å². The van der Waals surface area contributed by atoms with Gasteiger partial charge in [0.15, 0.2) is 17.6 Å². The molecule has 1 heterocycles. The molecule has 126 valence electrons. The lowest BCUT2D eigenvalue weighted by Crippen LogP contribution is -2.30. The van der Waals surface area contributed by atoms with Gasteiger partial charge in [-0.25, -0.2) is 4.39 Å². The maximum atomic E-state index is 13.1. The molecule has 0 saturated carbocycles. The number of hydrogen-bond acceptors (Lipinski definition) is 4. The van der Waals surface area contributed by atoms with Crippen LogP contribution in [-0.4, -0.2) is 25.2 Å². The van der Waals surface area contributed by atoms with Crippen molar-refractivity contribution in [1.29, 1.82) is 0 Å². The van der Waals surface area contributed by atoms with Crippen molar-refractivity contribution in [3.63, 3.8) is 0 Å². The van der Waals surface area contributed by atoms with Crippen LogP contribution in [0.1, 0.15) is 6.92 Å². The first-order valence-corrected chi connectivity index (χ1v) is 7.73. The van der Waals surface area contributed by atoms with Crippen molar-refractivity contribution in [2.24, 2.45) is 0 Å². The Hall–Kier alpha value is -2.47. The Kier molecular flexibility index (Phi) is 4.76. The molecule has 1 N–H and O–H groups in total. The van der Waals surface area contributed by atoms with E-state index in [-0.39, 0.29) is 10.9 Å². The smallest absolute Gasteiger partial charge is 0.265 e. The molecule has 1 atom stereocenters. The van der Waals surface area contributed by atoms with E-state index in [1.807, 2.05) is 0 Å². The fourth-order valence-electron chi connectivity index (χ4n) is 2.17. The van der Waals surface area contributed by atoms with E-state index in [9.17, 15) is 9.18 Å². The molecule has 0 fully saturated rings. The van der Waals surface area contributed by atoms with E-state index in [2.05, 4.69) is 5.32 Å². The quantitative estimate of drug-likeness (QED) is 0.913. The molecule has 0 aliphatic carbocycles. The Balaban J connectivity index is 1.64. The third-order valence-corrected chi connectivity index (χ3v) is 3.67. The van der Waals surface area contributed by atoms with Crippen molar-refractivity contribution >= 4 is 23.2 Å². The van der Waals surface area contributed by atoms with Crippen LogP contribution in [0.15, 0.2) is 36.4 Å². The predicted octanol–water partition coefficient (Wildman–Crippen LogP) is 3.66. The zero-order valence-electron chi connectivity index (χ0n) is 12.8. The second-order valence-electron chi connectivity index (χ2n) is 5.18. The van der Waals surface area contributed by atoms with E-state index in [1.165, 1.54) is 18.2 Å². The van der Waals surface area contributed by atoms with Crippen LogP contribution < -0.4 is 19.5 Å². The number of fused-ring (bicyclic) bond motifs is 1. The Labute approximate surface area is 143 Å². The molecule has 1 aliphatic rings. The van der Waals surface area contributed by atoms with Gasteiger partial charge in [-0.05, 0) is 31.2 Å². The molecule has 0 saturated heterocycles. The van der Waals surface area contributed by atoms with Crippen LogP contribution in [0.3, 0.4) is 0 Å². The van der Waals surface area contributed by atoms with Crippen LogP contribution in [-0.2, 0) is 4.79 Å². The summed E-state index contributed by atoms with van der Waals surface area (Å²) >= 11 is 5.69. The number of rotatable bonds is 4. The first kappa shape index (κ1) is 16.4. The number of carbonyl (C=O) groups excluding carboxylic acids is 1. The van der Waals surface area contributed by atoms with Crippen LogP contribution in [0.25, 0.3) is 0 Å². The van der Waals surface area contributed by atoms with Gasteiger partial charge in [-0.3, -0.25) is 4.79 Å². The average Bonchev–Trinajstić information content (AvgIpc) is 2.58. The van der Waals surface area contributed by atoms with E-state index in [1.54, 1.807) is 25.1 Å². The summed E-state index contributed by atoms with van der Waals surface area (Å²) in [5.74, 6) is 0.637. The zero-order valence-corrected chi connectivity index (χ0v) is 13.6. The SMILES string of the molecule is CC(Oc1ccc(F)c(Cl)c1)C(=O)Nc1ccc2c(c1)OCCO2. The minimum Gasteiger partial charge on any atom is -0.486 e. The van der Waals surface area contributed by atoms with Gasteiger partial charge in [0, 0.05) is 17.8 Å². The van der Waals surface area contributed by atoms with Gasteiger partial charge in [-0.15, -0.1) is 0 Å². The number of benzene rings is 2. The highest BCUT2D eigenvalue weighted by Gasteiger charge is 2.17. The first-order chi connectivity index (χ1) is 11.5. The highest BCUT2D eigenvalue weighted by molar-refractivity contribution is 6.30. The summed E-state index contributed by atoms with van der Waals surface area (Å²) in [4.78, 5) is 12.2. The average molecular weight is 352 g/mol. The van der Waals surface area contributed by atoms with Gasteiger partial charge in [0.25, 0.3) is 5.91 Å². The zero-order chi connectivity index (χ0) is 17.1. The molecular formula is C17H15ClFNO4. The fraction of sp³-hybridized carbons (Fsp3) is 0.235. The summed E-state index contributed by atoms with van der Waals surface area (Å²) < 4.78 is 29.5. The summed E-state index contributed by atoms with van der Waals surface area (Å²) in [6, 6.07) is 9.05. The lowest BCUT2D eigenvalue weighted by atomic mass is 10.2. The normalized spacial score (nSPS) is 14.0. The van der Waals surface area contributed by atoms with Gasteiger partial charge in [-0.2, -0.15) is 0 Å². The molecular weight excluding hydrogens is 337 g/mol. The van der Waals surface area contributed by atoms with Crippen molar-refractivity contribution < 1.29 is 23.4 Å². The molecule has 1 amide bonds. The molecule has 3 rings (SSSR count). The minimum atomic E-state index is -0.792. The number of ether oxygens (including phenoxy) is 3. The molecule has 5 nitrogen and oxygen atoms in total. The van der Waals surface area contributed by atoms with Crippen LogP contribution in [0.4, 0.5) is 10.1 Å². The van der Waals surface area contributed by atoms with Gasteiger partial charge >= 0.3 is 0 Å². The second-order valence-corrected chi connectivity index (χ2v) is 5.59.